The number of ether oxygens (including phenoxy) is 1. The number of hydrogen-bond donors (Lipinski definition) is 1. The Hall–Kier alpha value is -4.46. The monoisotopic (exact) mass is 442 g/mol. The summed E-state index contributed by atoms with van der Waals surface area (Å²) in [6.45, 7) is 1.76. The van der Waals surface area contributed by atoms with Gasteiger partial charge in [0, 0.05) is 5.56 Å². The molecule has 3 aromatic carbocycles. The van der Waals surface area contributed by atoms with Crippen molar-refractivity contribution in [3.8, 4) is 11.5 Å². The molecule has 8 heteroatoms. The summed E-state index contributed by atoms with van der Waals surface area (Å²) in [7, 11) is 1.53. The molecule has 0 atom stereocenters. The van der Waals surface area contributed by atoms with Crippen molar-refractivity contribution in [1.82, 2.24) is 9.66 Å². The molecule has 0 saturated carbocycles. The summed E-state index contributed by atoms with van der Waals surface area (Å²) in [4.78, 5) is 23.2. The minimum atomic E-state index is -0.360. The normalized spacial score (nSPS) is 11.8. The maximum Gasteiger partial charge on any atom is 0.282 e. The van der Waals surface area contributed by atoms with Crippen LogP contribution in [0.15, 0.2) is 87.8 Å². The van der Waals surface area contributed by atoms with Crippen LogP contribution in [-0.4, -0.2) is 33.8 Å². The van der Waals surface area contributed by atoms with Crippen LogP contribution in [0.3, 0.4) is 0 Å². The second-order valence-electron chi connectivity index (χ2n) is 7.15. The van der Waals surface area contributed by atoms with E-state index in [1.54, 1.807) is 36.4 Å². The summed E-state index contributed by atoms with van der Waals surface area (Å²) in [5.41, 5.74) is 2.17. The Labute approximate surface area is 190 Å². The summed E-state index contributed by atoms with van der Waals surface area (Å²) in [6.07, 6.45) is 1.37. The number of aromatic nitrogens is 2. The van der Waals surface area contributed by atoms with Crippen molar-refractivity contribution >= 4 is 22.8 Å². The van der Waals surface area contributed by atoms with Gasteiger partial charge in [-0.2, -0.15) is 9.78 Å². The average molecular weight is 442 g/mol. The lowest BCUT2D eigenvalue weighted by Gasteiger charge is -2.09. The summed E-state index contributed by atoms with van der Waals surface area (Å²) in [5.74, 6) is 0.816. The van der Waals surface area contributed by atoms with Gasteiger partial charge in [-0.1, -0.05) is 47.6 Å². The predicted octanol–water partition coefficient (Wildman–Crippen LogP) is 3.93. The molecule has 0 aliphatic heterocycles. The van der Waals surface area contributed by atoms with Crippen LogP contribution in [0.5, 0.6) is 11.5 Å². The Morgan fingerprint density at radius 3 is 2.64 bits per heavy atom. The van der Waals surface area contributed by atoms with Gasteiger partial charge in [0.25, 0.3) is 5.56 Å². The third kappa shape index (κ3) is 4.90. The third-order valence-electron chi connectivity index (χ3n) is 4.95. The molecular weight excluding hydrogens is 420 g/mol. The van der Waals surface area contributed by atoms with E-state index in [0.29, 0.717) is 27.9 Å². The Morgan fingerprint density at radius 1 is 1.09 bits per heavy atom. The molecule has 1 aromatic heterocycles. The number of fused-ring (bicyclic) bond motifs is 1. The van der Waals surface area contributed by atoms with E-state index in [0.717, 1.165) is 10.2 Å². The molecule has 0 aliphatic carbocycles. The molecule has 0 saturated heterocycles. The Morgan fingerprint density at radius 2 is 1.85 bits per heavy atom. The van der Waals surface area contributed by atoms with E-state index >= 15 is 0 Å². The van der Waals surface area contributed by atoms with Gasteiger partial charge in [0.1, 0.15) is 11.5 Å². The summed E-state index contributed by atoms with van der Waals surface area (Å²) in [5, 5.41) is 19.0. The Bertz CT molecular complexity index is 1390. The molecule has 1 N–H and O–H groups in total. The first-order valence-electron chi connectivity index (χ1n) is 10.2. The molecular formula is C25H22N4O4. The summed E-state index contributed by atoms with van der Waals surface area (Å²) < 4.78 is 6.34. The molecule has 0 bridgehead atoms. The van der Waals surface area contributed by atoms with E-state index < -0.39 is 0 Å². The lowest BCUT2D eigenvalue weighted by molar-refractivity contribution is 0.122. The van der Waals surface area contributed by atoms with Gasteiger partial charge in [0.05, 0.1) is 29.9 Å². The molecule has 8 nitrogen and oxygen atoms in total. The van der Waals surface area contributed by atoms with E-state index in [1.807, 2.05) is 37.3 Å². The minimum absolute atomic E-state index is 0.00207. The molecule has 0 aliphatic rings. The highest BCUT2D eigenvalue weighted by Crippen LogP contribution is 2.21. The first-order valence-corrected chi connectivity index (χ1v) is 10.2. The number of methoxy groups -OCH3 is 1. The zero-order valence-electron chi connectivity index (χ0n) is 18.2. The molecule has 0 radical (unpaired) electrons. The van der Waals surface area contributed by atoms with Gasteiger partial charge >= 0.3 is 0 Å². The SMILES string of the molecule is COc1ccc(O)c(C=Nn2c(CON=C(C)c3ccccc3)nc3ccccc3c2=O)c1. The number of hydrogen-bond acceptors (Lipinski definition) is 7. The van der Waals surface area contributed by atoms with Gasteiger partial charge in [-0.3, -0.25) is 4.79 Å². The van der Waals surface area contributed by atoms with E-state index in [-0.39, 0.29) is 23.7 Å². The van der Waals surface area contributed by atoms with E-state index in [9.17, 15) is 9.90 Å². The van der Waals surface area contributed by atoms with Crippen LogP contribution in [0.2, 0.25) is 0 Å². The van der Waals surface area contributed by atoms with Crippen molar-refractivity contribution in [2.24, 2.45) is 10.3 Å². The van der Waals surface area contributed by atoms with Gasteiger partial charge in [-0.05, 0) is 42.8 Å². The molecule has 4 rings (SSSR count). The van der Waals surface area contributed by atoms with Crippen LogP contribution < -0.4 is 10.3 Å². The minimum Gasteiger partial charge on any atom is -0.507 e. The molecule has 0 fully saturated rings. The van der Waals surface area contributed by atoms with E-state index in [2.05, 4.69) is 15.2 Å². The highest BCUT2D eigenvalue weighted by Gasteiger charge is 2.11. The molecule has 0 spiro atoms. The first-order chi connectivity index (χ1) is 16.1. The third-order valence-corrected chi connectivity index (χ3v) is 4.95. The smallest absolute Gasteiger partial charge is 0.282 e. The fraction of sp³-hybridized carbons (Fsp3) is 0.120. The van der Waals surface area contributed by atoms with Crippen molar-refractivity contribution in [3.05, 3.63) is 100 Å². The van der Waals surface area contributed by atoms with Crippen LogP contribution in [0.25, 0.3) is 10.9 Å². The van der Waals surface area contributed by atoms with Crippen LogP contribution in [0.1, 0.15) is 23.9 Å². The van der Waals surface area contributed by atoms with Gasteiger partial charge in [-0.15, -0.1) is 0 Å². The maximum atomic E-state index is 13.1. The lowest BCUT2D eigenvalue weighted by atomic mass is 10.1. The number of aromatic hydroxyl groups is 1. The van der Waals surface area contributed by atoms with Crippen LogP contribution in [0.4, 0.5) is 0 Å². The highest BCUT2D eigenvalue weighted by molar-refractivity contribution is 5.98. The van der Waals surface area contributed by atoms with Crippen molar-refractivity contribution in [3.63, 3.8) is 0 Å². The first kappa shape index (κ1) is 21.8. The number of rotatable bonds is 7. The van der Waals surface area contributed by atoms with E-state index in [4.69, 9.17) is 9.57 Å². The number of nitrogens with zero attached hydrogens (tertiary/aromatic N) is 4. The fourth-order valence-electron chi connectivity index (χ4n) is 3.18. The van der Waals surface area contributed by atoms with Gasteiger partial charge in [0.2, 0.25) is 0 Å². The number of phenols is 1. The highest BCUT2D eigenvalue weighted by atomic mass is 16.6. The number of benzene rings is 3. The standard InChI is InChI=1S/C25H22N4O4/c1-17(18-8-4-3-5-9-18)28-33-16-24-27-22-11-7-6-10-21(22)25(31)29(24)26-15-19-14-20(32-2)12-13-23(19)30/h3-15,30H,16H2,1-2H3. The van der Waals surface area contributed by atoms with Crippen LogP contribution >= 0.6 is 0 Å². The maximum absolute atomic E-state index is 13.1. The Kier molecular flexibility index (Phi) is 6.45. The van der Waals surface area contributed by atoms with Crippen molar-refractivity contribution < 1.29 is 14.7 Å². The van der Waals surface area contributed by atoms with Gasteiger partial charge < -0.3 is 14.7 Å². The Balaban J connectivity index is 1.70. The molecule has 0 amide bonds. The van der Waals surface area contributed by atoms with Gasteiger partial charge in [-0.25, -0.2) is 4.98 Å². The second kappa shape index (κ2) is 9.78. The number of phenolic OH excluding ortho intramolecular Hbond substituents is 1. The topological polar surface area (TPSA) is 98.3 Å². The van der Waals surface area contributed by atoms with Crippen molar-refractivity contribution in [2.45, 2.75) is 13.5 Å². The molecule has 1 heterocycles. The number of para-hydroxylation sites is 1. The van der Waals surface area contributed by atoms with Crippen LogP contribution in [-0.2, 0) is 11.4 Å². The van der Waals surface area contributed by atoms with Crippen LogP contribution in [0, 0.1) is 0 Å². The molecule has 4 aromatic rings. The van der Waals surface area contributed by atoms with Crippen molar-refractivity contribution in [2.75, 3.05) is 7.11 Å². The fourth-order valence-corrected chi connectivity index (χ4v) is 3.18. The zero-order valence-corrected chi connectivity index (χ0v) is 18.2. The molecule has 0 unspecified atom stereocenters. The second-order valence-corrected chi connectivity index (χ2v) is 7.15. The summed E-state index contributed by atoms with van der Waals surface area (Å²) in [6, 6.07) is 21.3. The summed E-state index contributed by atoms with van der Waals surface area (Å²) >= 11 is 0. The van der Waals surface area contributed by atoms with Crippen molar-refractivity contribution in [1.29, 1.82) is 0 Å². The predicted molar refractivity (Wildman–Crippen MR) is 127 cm³/mol. The molecule has 33 heavy (non-hydrogen) atoms. The van der Waals surface area contributed by atoms with Gasteiger partial charge in [0.15, 0.2) is 12.4 Å². The largest absolute Gasteiger partial charge is 0.507 e. The lowest BCUT2D eigenvalue weighted by Crippen LogP contribution is -2.22. The van der Waals surface area contributed by atoms with E-state index in [1.165, 1.54) is 19.4 Å². The average Bonchev–Trinajstić information content (AvgIpc) is 2.85. The quantitative estimate of drug-likeness (QED) is 0.345. The molecule has 166 valence electrons. The zero-order chi connectivity index (χ0) is 23.2. The number of oxime groups is 1.